The molecule has 2 saturated heterocycles. The van der Waals surface area contributed by atoms with E-state index in [2.05, 4.69) is 37.0 Å². The number of aromatic amines is 1. The lowest BCUT2D eigenvalue weighted by atomic mass is 9.89. The maximum absolute atomic E-state index is 13.5. The van der Waals surface area contributed by atoms with Crippen molar-refractivity contribution >= 4 is 51.6 Å². The smallest absolute Gasteiger partial charge is 0.245 e. The third kappa shape index (κ3) is 4.11. The van der Waals surface area contributed by atoms with Crippen LogP contribution in [0.2, 0.25) is 10.0 Å². The molecule has 0 aliphatic carbocycles. The number of nitrogens with zero attached hydrogens (tertiary/aromatic N) is 4. The Morgan fingerprint density at radius 3 is 2.75 bits per heavy atom. The minimum absolute atomic E-state index is 0.132. The summed E-state index contributed by atoms with van der Waals surface area (Å²) < 4.78 is 0. The van der Waals surface area contributed by atoms with E-state index in [0.717, 1.165) is 61.4 Å². The van der Waals surface area contributed by atoms with E-state index in [9.17, 15) is 4.79 Å². The van der Waals surface area contributed by atoms with Gasteiger partial charge in [0.1, 0.15) is 23.8 Å². The predicted octanol–water partition coefficient (Wildman–Crippen LogP) is 4.58. The zero-order valence-corrected chi connectivity index (χ0v) is 19.4. The lowest BCUT2D eigenvalue weighted by molar-refractivity contribution is -0.138. The van der Waals surface area contributed by atoms with Gasteiger partial charge in [-0.3, -0.25) is 4.79 Å². The standard InChI is InChI=1S/C23H26Cl2N6O/c1-14-5-8-30(22-18-4-6-26-21(18)27-13-28-22)12-20(14)31-7-2-3-19(23(31)32)29-17-10-15(24)9-16(25)11-17/h4,6,9-11,13-14,19-20,29H,2-3,5,7-8,12H2,1H3,(H,26,27,28)/t14-,19?,20-/m0/s1. The number of hydrogen-bond donors (Lipinski definition) is 2. The number of likely N-dealkylation sites (tertiary alicyclic amines) is 1. The molecule has 2 aliphatic rings. The maximum Gasteiger partial charge on any atom is 0.245 e. The molecule has 3 aromatic rings. The summed E-state index contributed by atoms with van der Waals surface area (Å²) in [6.45, 7) is 4.70. The second kappa shape index (κ2) is 8.79. The Hall–Kier alpha value is -2.51. The highest BCUT2D eigenvalue weighted by Gasteiger charge is 2.38. The Morgan fingerprint density at radius 1 is 1.12 bits per heavy atom. The molecule has 0 bridgehead atoms. The van der Waals surface area contributed by atoms with Crippen molar-refractivity contribution in [3.63, 3.8) is 0 Å². The number of hydrogen-bond acceptors (Lipinski definition) is 5. The number of piperidine rings is 2. The number of fused-ring (bicyclic) bond motifs is 1. The van der Waals surface area contributed by atoms with Gasteiger partial charge in [-0.15, -0.1) is 0 Å². The van der Waals surface area contributed by atoms with Crippen LogP contribution in [0.15, 0.2) is 36.8 Å². The first-order valence-corrected chi connectivity index (χ1v) is 11.8. The van der Waals surface area contributed by atoms with Gasteiger partial charge in [-0.05, 0) is 49.4 Å². The molecule has 0 radical (unpaired) electrons. The van der Waals surface area contributed by atoms with Crippen molar-refractivity contribution in [2.75, 3.05) is 29.9 Å². The Labute approximate surface area is 197 Å². The van der Waals surface area contributed by atoms with Gasteiger partial charge >= 0.3 is 0 Å². The number of H-pyrrole nitrogens is 1. The molecule has 0 saturated carbocycles. The quantitative estimate of drug-likeness (QED) is 0.580. The van der Waals surface area contributed by atoms with Crippen LogP contribution in [-0.2, 0) is 4.79 Å². The van der Waals surface area contributed by atoms with E-state index in [1.807, 2.05) is 24.4 Å². The van der Waals surface area contributed by atoms with Gasteiger partial charge in [0.05, 0.1) is 11.4 Å². The van der Waals surface area contributed by atoms with Crippen LogP contribution >= 0.6 is 23.2 Å². The molecule has 2 N–H and O–H groups in total. The lowest BCUT2D eigenvalue weighted by Gasteiger charge is -2.46. The fourth-order valence-corrected chi connectivity index (χ4v) is 5.48. The average molecular weight is 473 g/mol. The summed E-state index contributed by atoms with van der Waals surface area (Å²) in [6, 6.07) is 7.17. The van der Waals surface area contributed by atoms with Crippen LogP contribution in [0.3, 0.4) is 0 Å². The second-order valence-electron chi connectivity index (χ2n) is 8.75. The minimum Gasteiger partial charge on any atom is -0.374 e. The number of amides is 1. The summed E-state index contributed by atoms with van der Waals surface area (Å²) in [7, 11) is 0. The number of nitrogens with one attached hydrogen (secondary N) is 2. The predicted molar refractivity (Wildman–Crippen MR) is 128 cm³/mol. The Morgan fingerprint density at radius 2 is 1.94 bits per heavy atom. The second-order valence-corrected chi connectivity index (χ2v) is 9.62. The van der Waals surface area contributed by atoms with Crippen LogP contribution in [0.4, 0.5) is 11.5 Å². The molecule has 1 aromatic carbocycles. The zero-order chi connectivity index (χ0) is 22.2. The van der Waals surface area contributed by atoms with Crippen LogP contribution < -0.4 is 10.2 Å². The van der Waals surface area contributed by atoms with Crippen molar-refractivity contribution in [2.24, 2.45) is 5.92 Å². The van der Waals surface area contributed by atoms with Crippen molar-refractivity contribution in [3.8, 4) is 0 Å². The topological polar surface area (TPSA) is 77.2 Å². The molecule has 168 valence electrons. The van der Waals surface area contributed by atoms with Gasteiger partial charge in [0.25, 0.3) is 0 Å². The number of benzene rings is 1. The fourth-order valence-electron chi connectivity index (χ4n) is 4.96. The van der Waals surface area contributed by atoms with Crippen molar-refractivity contribution in [3.05, 3.63) is 46.8 Å². The van der Waals surface area contributed by atoms with Crippen molar-refractivity contribution in [2.45, 2.75) is 38.3 Å². The molecule has 0 spiro atoms. The molecule has 1 amide bonds. The van der Waals surface area contributed by atoms with Gasteiger partial charge in [-0.1, -0.05) is 30.1 Å². The first-order valence-electron chi connectivity index (χ1n) is 11.1. The van der Waals surface area contributed by atoms with Crippen molar-refractivity contribution < 1.29 is 4.79 Å². The van der Waals surface area contributed by atoms with E-state index < -0.39 is 0 Å². The summed E-state index contributed by atoms with van der Waals surface area (Å²) in [4.78, 5) is 29.9. The van der Waals surface area contributed by atoms with Crippen LogP contribution in [0.25, 0.3) is 11.0 Å². The average Bonchev–Trinajstić information content (AvgIpc) is 3.24. The van der Waals surface area contributed by atoms with E-state index >= 15 is 0 Å². The molecule has 3 atom stereocenters. The van der Waals surface area contributed by atoms with Crippen LogP contribution in [-0.4, -0.2) is 57.5 Å². The summed E-state index contributed by atoms with van der Waals surface area (Å²) in [6.07, 6.45) is 6.24. The van der Waals surface area contributed by atoms with Crippen LogP contribution in [0.5, 0.6) is 0 Å². The summed E-state index contributed by atoms with van der Waals surface area (Å²) >= 11 is 12.3. The lowest BCUT2D eigenvalue weighted by Crippen LogP contribution is -2.59. The molecule has 5 rings (SSSR count). The molecule has 9 heteroatoms. The molecule has 7 nitrogen and oxygen atoms in total. The minimum atomic E-state index is -0.281. The first kappa shape index (κ1) is 21.3. The number of halogens is 2. The Kier molecular flexibility index (Phi) is 5.86. The van der Waals surface area contributed by atoms with E-state index in [1.54, 1.807) is 12.4 Å². The van der Waals surface area contributed by atoms with Gasteiger partial charge in [0, 0.05) is 41.6 Å². The number of rotatable bonds is 4. The van der Waals surface area contributed by atoms with Gasteiger partial charge in [0.15, 0.2) is 0 Å². The highest BCUT2D eigenvalue weighted by atomic mass is 35.5. The highest BCUT2D eigenvalue weighted by molar-refractivity contribution is 6.35. The van der Waals surface area contributed by atoms with Gasteiger partial charge in [-0.25, -0.2) is 9.97 Å². The normalized spacial score (nSPS) is 24.2. The SMILES string of the molecule is C[C@H]1CCN(c2ncnc3[nH]ccc23)C[C@@H]1N1CCCC(Nc2cc(Cl)cc(Cl)c2)C1=O. The number of anilines is 2. The van der Waals surface area contributed by atoms with E-state index in [0.29, 0.717) is 16.0 Å². The first-order chi connectivity index (χ1) is 15.5. The molecule has 2 fully saturated rings. The monoisotopic (exact) mass is 472 g/mol. The van der Waals surface area contributed by atoms with Crippen LogP contribution in [0, 0.1) is 5.92 Å². The molecule has 1 unspecified atom stereocenters. The molecule has 32 heavy (non-hydrogen) atoms. The Balaban J connectivity index is 1.35. The van der Waals surface area contributed by atoms with Crippen LogP contribution in [0.1, 0.15) is 26.2 Å². The summed E-state index contributed by atoms with van der Waals surface area (Å²) in [5.41, 5.74) is 1.61. The van der Waals surface area contributed by atoms with Crippen molar-refractivity contribution in [1.82, 2.24) is 19.9 Å². The molecule has 2 aliphatic heterocycles. The highest BCUT2D eigenvalue weighted by Crippen LogP contribution is 2.31. The molecular formula is C23H26Cl2N6O. The van der Waals surface area contributed by atoms with Gasteiger partial charge in [-0.2, -0.15) is 0 Å². The number of carbonyl (C=O) groups excluding carboxylic acids is 1. The zero-order valence-electron chi connectivity index (χ0n) is 17.9. The summed E-state index contributed by atoms with van der Waals surface area (Å²) in [5.74, 6) is 1.49. The Bertz CT molecular complexity index is 1110. The molecule has 4 heterocycles. The largest absolute Gasteiger partial charge is 0.374 e. The molecule has 2 aromatic heterocycles. The third-order valence-corrected chi connectivity index (χ3v) is 7.06. The number of aromatic nitrogens is 3. The number of carbonyl (C=O) groups is 1. The maximum atomic E-state index is 13.5. The third-order valence-electron chi connectivity index (χ3n) is 6.63. The van der Waals surface area contributed by atoms with Crippen molar-refractivity contribution in [1.29, 1.82) is 0 Å². The van der Waals surface area contributed by atoms with E-state index in [1.165, 1.54) is 0 Å². The van der Waals surface area contributed by atoms with E-state index in [4.69, 9.17) is 23.2 Å². The van der Waals surface area contributed by atoms with Gasteiger partial charge in [0.2, 0.25) is 5.91 Å². The molecular weight excluding hydrogens is 447 g/mol. The summed E-state index contributed by atoms with van der Waals surface area (Å²) in [5, 5.41) is 5.48. The van der Waals surface area contributed by atoms with E-state index in [-0.39, 0.29) is 18.0 Å². The van der Waals surface area contributed by atoms with Gasteiger partial charge < -0.3 is 20.1 Å². The fraction of sp³-hybridized carbons (Fsp3) is 0.435.